The zero-order valence-corrected chi connectivity index (χ0v) is 20.7. The van der Waals surface area contributed by atoms with Crippen molar-refractivity contribution in [1.29, 1.82) is 0 Å². The zero-order valence-electron chi connectivity index (χ0n) is 20.7. The number of hydrogen-bond acceptors (Lipinski definition) is 7. The Labute approximate surface area is 205 Å². The maximum absolute atomic E-state index is 13.2. The first kappa shape index (κ1) is 26.1. The maximum atomic E-state index is 13.2. The van der Waals surface area contributed by atoms with E-state index in [0.717, 1.165) is 12.0 Å². The monoisotopic (exact) mass is 483 g/mol. The van der Waals surface area contributed by atoms with Crippen molar-refractivity contribution in [3.63, 3.8) is 0 Å². The average molecular weight is 484 g/mol. The van der Waals surface area contributed by atoms with Crippen LogP contribution in [-0.2, 0) is 14.3 Å². The quantitative estimate of drug-likeness (QED) is 0.212. The van der Waals surface area contributed by atoms with Gasteiger partial charge in [-0.15, -0.1) is 0 Å². The van der Waals surface area contributed by atoms with E-state index < -0.39 is 17.7 Å². The number of benzene rings is 2. The lowest BCUT2D eigenvalue weighted by molar-refractivity contribution is -0.140. The smallest absolute Gasteiger partial charge is 0.295 e. The number of rotatable bonds is 11. The Bertz CT molecular complexity index is 1110. The van der Waals surface area contributed by atoms with E-state index in [1.807, 2.05) is 13.8 Å². The largest absolute Gasteiger partial charge is 0.507 e. The minimum atomic E-state index is -0.844. The van der Waals surface area contributed by atoms with Crippen molar-refractivity contribution in [2.75, 3.05) is 33.5 Å². The van der Waals surface area contributed by atoms with Gasteiger partial charge in [0.15, 0.2) is 11.5 Å². The molecule has 0 saturated carbocycles. The van der Waals surface area contributed by atoms with Crippen molar-refractivity contribution in [2.45, 2.75) is 39.7 Å². The lowest BCUT2D eigenvalue weighted by atomic mass is 9.94. The molecule has 1 aliphatic rings. The molecule has 0 bridgehead atoms. The summed E-state index contributed by atoms with van der Waals surface area (Å²) in [6, 6.07) is 8.99. The highest BCUT2D eigenvalue weighted by Gasteiger charge is 2.46. The van der Waals surface area contributed by atoms with Crippen molar-refractivity contribution < 1.29 is 34.0 Å². The van der Waals surface area contributed by atoms with E-state index in [1.54, 1.807) is 44.4 Å². The molecule has 188 valence electrons. The lowest BCUT2D eigenvalue weighted by Gasteiger charge is -2.26. The number of aliphatic hydroxyl groups excluding tert-OH is 1. The number of carbonyl (C=O) groups excluding carboxylic acids is 2. The Balaban J connectivity index is 2.12. The van der Waals surface area contributed by atoms with E-state index in [1.165, 1.54) is 11.0 Å². The summed E-state index contributed by atoms with van der Waals surface area (Å²) in [4.78, 5) is 27.6. The van der Waals surface area contributed by atoms with E-state index in [4.69, 9.17) is 14.2 Å². The van der Waals surface area contributed by atoms with E-state index in [0.29, 0.717) is 43.1 Å². The SMILES string of the molecule is CCCOc1ccc(/C(O)=C2/C(=O)C(=O)N(CCCOC)C2c2ccc(O)c(OCC)c2)cc1C. The molecule has 35 heavy (non-hydrogen) atoms. The summed E-state index contributed by atoms with van der Waals surface area (Å²) in [5.41, 5.74) is 1.75. The molecule has 8 heteroatoms. The summed E-state index contributed by atoms with van der Waals surface area (Å²) in [7, 11) is 1.57. The van der Waals surface area contributed by atoms with Crippen molar-refractivity contribution in [3.8, 4) is 17.2 Å². The minimum Gasteiger partial charge on any atom is -0.507 e. The molecule has 8 nitrogen and oxygen atoms in total. The Kier molecular flexibility index (Phi) is 8.76. The molecule has 0 aromatic heterocycles. The predicted molar refractivity (Wildman–Crippen MR) is 132 cm³/mol. The van der Waals surface area contributed by atoms with Crippen LogP contribution >= 0.6 is 0 Å². The van der Waals surface area contributed by atoms with Crippen LogP contribution in [0.1, 0.15) is 49.4 Å². The lowest BCUT2D eigenvalue weighted by Crippen LogP contribution is -2.31. The molecule has 3 rings (SSSR count). The molecule has 1 atom stereocenters. The molecule has 1 unspecified atom stereocenters. The van der Waals surface area contributed by atoms with Gasteiger partial charge in [0, 0.05) is 25.8 Å². The van der Waals surface area contributed by atoms with Gasteiger partial charge in [0.25, 0.3) is 11.7 Å². The van der Waals surface area contributed by atoms with Gasteiger partial charge >= 0.3 is 0 Å². The molecular formula is C27H33NO7. The summed E-state index contributed by atoms with van der Waals surface area (Å²) in [6.07, 6.45) is 1.38. The number of nitrogens with zero attached hydrogens (tertiary/aromatic N) is 1. The van der Waals surface area contributed by atoms with Crippen LogP contribution < -0.4 is 9.47 Å². The first-order valence-electron chi connectivity index (χ1n) is 11.8. The fraction of sp³-hybridized carbons (Fsp3) is 0.407. The molecule has 0 radical (unpaired) electrons. The molecular weight excluding hydrogens is 450 g/mol. The fourth-order valence-electron chi connectivity index (χ4n) is 4.13. The Morgan fingerprint density at radius 2 is 1.80 bits per heavy atom. The number of phenolic OH excluding ortho intramolecular Hbond substituents is 1. The Morgan fingerprint density at radius 1 is 1.03 bits per heavy atom. The Morgan fingerprint density at radius 3 is 2.46 bits per heavy atom. The number of aryl methyl sites for hydroxylation is 1. The number of likely N-dealkylation sites (tertiary alicyclic amines) is 1. The molecule has 2 aromatic carbocycles. The van der Waals surface area contributed by atoms with Gasteiger partial charge in [0.05, 0.1) is 24.8 Å². The molecule has 1 fully saturated rings. The highest BCUT2D eigenvalue weighted by atomic mass is 16.5. The van der Waals surface area contributed by atoms with Gasteiger partial charge in [-0.3, -0.25) is 9.59 Å². The number of Topliss-reactive ketones (excluding diaryl/α,β-unsaturated/α-hetero) is 1. The number of hydrogen-bond donors (Lipinski definition) is 2. The van der Waals surface area contributed by atoms with E-state index in [2.05, 4.69) is 0 Å². The van der Waals surface area contributed by atoms with Crippen LogP contribution in [-0.4, -0.2) is 60.3 Å². The van der Waals surface area contributed by atoms with Gasteiger partial charge < -0.3 is 29.3 Å². The standard InChI is InChI=1S/C27H33NO7/c1-5-13-35-21-11-9-19(15-17(21)3)25(30)23-24(18-8-10-20(29)22(16-18)34-6-2)28(12-7-14-33-4)27(32)26(23)31/h8-11,15-16,24,29-30H,5-7,12-14H2,1-4H3/b25-23-. The summed E-state index contributed by atoms with van der Waals surface area (Å²) >= 11 is 0. The number of ether oxygens (including phenoxy) is 3. The topological polar surface area (TPSA) is 106 Å². The van der Waals surface area contributed by atoms with Gasteiger partial charge in [0.2, 0.25) is 0 Å². The number of aromatic hydroxyl groups is 1. The number of phenols is 1. The van der Waals surface area contributed by atoms with Crippen molar-refractivity contribution >= 4 is 17.4 Å². The van der Waals surface area contributed by atoms with E-state index >= 15 is 0 Å². The molecule has 1 saturated heterocycles. The van der Waals surface area contributed by atoms with Gasteiger partial charge in [-0.05, 0) is 68.1 Å². The van der Waals surface area contributed by atoms with Crippen LogP contribution in [0, 0.1) is 6.92 Å². The molecule has 0 spiro atoms. The third kappa shape index (κ3) is 5.59. The van der Waals surface area contributed by atoms with Crippen LogP contribution in [0.4, 0.5) is 0 Å². The summed E-state index contributed by atoms with van der Waals surface area (Å²) in [5, 5.41) is 21.4. The fourth-order valence-corrected chi connectivity index (χ4v) is 4.13. The third-order valence-electron chi connectivity index (χ3n) is 5.80. The summed E-state index contributed by atoms with van der Waals surface area (Å²) < 4.78 is 16.4. The summed E-state index contributed by atoms with van der Waals surface area (Å²) in [6.45, 7) is 7.23. The highest BCUT2D eigenvalue weighted by Crippen LogP contribution is 2.42. The number of aliphatic hydroxyl groups is 1. The normalized spacial score (nSPS) is 17.1. The van der Waals surface area contributed by atoms with Crippen molar-refractivity contribution in [1.82, 2.24) is 4.90 Å². The second-order valence-electron chi connectivity index (χ2n) is 8.33. The van der Waals surface area contributed by atoms with Gasteiger partial charge in [-0.2, -0.15) is 0 Å². The van der Waals surface area contributed by atoms with Crippen LogP contribution in [0.3, 0.4) is 0 Å². The zero-order chi connectivity index (χ0) is 25.5. The second-order valence-corrected chi connectivity index (χ2v) is 8.33. The third-order valence-corrected chi connectivity index (χ3v) is 5.80. The van der Waals surface area contributed by atoms with Gasteiger partial charge in [-0.1, -0.05) is 13.0 Å². The van der Waals surface area contributed by atoms with Crippen LogP contribution in [0.2, 0.25) is 0 Å². The summed E-state index contributed by atoms with van der Waals surface area (Å²) in [5.74, 6) is -0.845. The van der Waals surface area contributed by atoms with Crippen LogP contribution in [0.5, 0.6) is 17.2 Å². The Hall–Kier alpha value is -3.52. The van der Waals surface area contributed by atoms with Crippen LogP contribution in [0.25, 0.3) is 5.76 Å². The minimum absolute atomic E-state index is 0.0119. The van der Waals surface area contributed by atoms with Crippen molar-refractivity contribution in [3.05, 3.63) is 58.7 Å². The number of amides is 1. The second kappa shape index (κ2) is 11.8. The molecule has 2 N–H and O–H groups in total. The number of methoxy groups -OCH3 is 1. The first-order valence-corrected chi connectivity index (χ1v) is 11.8. The number of carbonyl (C=O) groups is 2. The highest BCUT2D eigenvalue weighted by molar-refractivity contribution is 6.46. The van der Waals surface area contributed by atoms with Gasteiger partial charge in [0.1, 0.15) is 11.5 Å². The number of ketones is 1. The van der Waals surface area contributed by atoms with Crippen LogP contribution in [0.15, 0.2) is 42.0 Å². The van der Waals surface area contributed by atoms with Crippen molar-refractivity contribution in [2.24, 2.45) is 0 Å². The van der Waals surface area contributed by atoms with E-state index in [-0.39, 0.29) is 29.4 Å². The molecule has 2 aromatic rings. The first-order chi connectivity index (χ1) is 16.8. The van der Waals surface area contributed by atoms with E-state index in [9.17, 15) is 19.8 Å². The molecule has 1 aliphatic heterocycles. The molecule has 1 heterocycles. The molecule has 0 aliphatic carbocycles. The maximum Gasteiger partial charge on any atom is 0.295 e. The predicted octanol–water partition coefficient (Wildman–Crippen LogP) is 4.35. The molecule has 1 amide bonds. The average Bonchev–Trinajstić information content (AvgIpc) is 3.09. The van der Waals surface area contributed by atoms with Gasteiger partial charge in [-0.25, -0.2) is 0 Å².